The average Bonchev–Trinajstić information content (AvgIpc) is 2.95. The maximum Gasteiger partial charge on any atom is 0.234 e. The van der Waals surface area contributed by atoms with E-state index in [2.05, 4.69) is 29.3 Å². The highest BCUT2D eigenvalue weighted by atomic mass is 16.5. The van der Waals surface area contributed by atoms with Crippen LogP contribution in [0.3, 0.4) is 0 Å². The van der Waals surface area contributed by atoms with Gasteiger partial charge in [-0.25, -0.2) is 0 Å². The molecule has 0 aromatic carbocycles. The van der Waals surface area contributed by atoms with Gasteiger partial charge in [-0.05, 0) is 33.2 Å². The van der Waals surface area contributed by atoms with Crippen LogP contribution in [0.1, 0.15) is 51.4 Å². The summed E-state index contributed by atoms with van der Waals surface area (Å²) in [5.74, 6) is 1.41. The molecule has 1 aliphatic rings. The maximum atomic E-state index is 5.59. The van der Waals surface area contributed by atoms with Crippen LogP contribution in [0.4, 0.5) is 0 Å². The summed E-state index contributed by atoms with van der Waals surface area (Å²) in [6, 6.07) is 0. The molecule has 0 aliphatic carbocycles. The molecule has 1 aliphatic heterocycles. The second-order valence-electron chi connectivity index (χ2n) is 4.80. The Bertz CT molecular complexity index is 358. The predicted octanol–water partition coefficient (Wildman–Crippen LogP) is 1.81. The van der Waals surface area contributed by atoms with E-state index in [0.717, 1.165) is 31.8 Å². The van der Waals surface area contributed by atoms with Gasteiger partial charge in [0.25, 0.3) is 0 Å². The van der Waals surface area contributed by atoms with Crippen LogP contribution in [-0.4, -0.2) is 29.8 Å². The number of aromatic nitrogens is 2. The quantitative estimate of drug-likeness (QED) is 0.849. The van der Waals surface area contributed by atoms with Gasteiger partial charge in [-0.1, -0.05) is 12.1 Å². The van der Waals surface area contributed by atoms with Crippen LogP contribution in [0, 0.1) is 0 Å². The lowest BCUT2D eigenvalue weighted by Gasteiger charge is -2.16. The van der Waals surface area contributed by atoms with Gasteiger partial charge in [0.15, 0.2) is 0 Å². The van der Waals surface area contributed by atoms with Crippen molar-refractivity contribution in [3.05, 3.63) is 11.7 Å². The van der Waals surface area contributed by atoms with E-state index in [1.54, 1.807) is 0 Å². The zero-order valence-corrected chi connectivity index (χ0v) is 10.8. The Morgan fingerprint density at radius 1 is 1.53 bits per heavy atom. The molecule has 0 spiro atoms. The summed E-state index contributed by atoms with van der Waals surface area (Å²) in [5.41, 5.74) is -0.0181. The van der Waals surface area contributed by atoms with E-state index in [1.165, 1.54) is 0 Å². The van der Waals surface area contributed by atoms with E-state index in [4.69, 9.17) is 9.26 Å². The van der Waals surface area contributed by atoms with E-state index in [0.29, 0.717) is 12.4 Å². The number of nitrogens with zero attached hydrogens (tertiary/aromatic N) is 2. The lowest BCUT2D eigenvalue weighted by Crippen LogP contribution is -2.25. The molecular weight excluding hydrogens is 218 g/mol. The molecule has 2 rings (SSSR count). The smallest absolute Gasteiger partial charge is 0.234 e. The van der Waals surface area contributed by atoms with E-state index >= 15 is 0 Å². The minimum atomic E-state index is -0.0459. The summed E-state index contributed by atoms with van der Waals surface area (Å²) < 4.78 is 11.0. The molecule has 96 valence electrons. The first-order valence-electron chi connectivity index (χ1n) is 6.36. The molecular formula is C12H21N3O2. The molecule has 2 heterocycles. The van der Waals surface area contributed by atoms with Crippen molar-refractivity contribution in [2.24, 2.45) is 0 Å². The van der Waals surface area contributed by atoms with Crippen molar-refractivity contribution in [2.75, 3.05) is 19.7 Å². The SMILES string of the molecule is CCOC(CC)c1noc(C2(C)CCNC2)n1. The molecule has 0 bridgehead atoms. The average molecular weight is 239 g/mol. The third-order valence-corrected chi connectivity index (χ3v) is 3.35. The van der Waals surface area contributed by atoms with Gasteiger partial charge in [0.05, 0.1) is 5.41 Å². The lowest BCUT2D eigenvalue weighted by molar-refractivity contribution is 0.0518. The van der Waals surface area contributed by atoms with Gasteiger partial charge < -0.3 is 14.6 Å². The van der Waals surface area contributed by atoms with Crippen molar-refractivity contribution in [3.8, 4) is 0 Å². The first kappa shape index (κ1) is 12.5. The molecule has 1 aromatic rings. The largest absolute Gasteiger partial charge is 0.370 e. The van der Waals surface area contributed by atoms with Crippen molar-refractivity contribution in [2.45, 2.75) is 45.1 Å². The summed E-state index contributed by atoms with van der Waals surface area (Å²) in [6.45, 7) is 8.78. The molecule has 0 saturated carbocycles. The minimum Gasteiger partial charge on any atom is -0.370 e. The first-order chi connectivity index (χ1) is 8.19. The highest BCUT2D eigenvalue weighted by Gasteiger charge is 2.36. The van der Waals surface area contributed by atoms with Gasteiger partial charge in [-0.3, -0.25) is 0 Å². The van der Waals surface area contributed by atoms with Crippen LogP contribution >= 0.6 is 0 Å². The minimum absolute atomic E-state index is 0.0181. The van der Waals surface area contributed by atoms with Crippen LogP contribution in [0.2, 0.25) is 0 Å². The standard InChI is InChI=1S/C12H21N3O2/c1-4-9(16-5-2)10-14-11(17-15-10)12(3)6-7-13-8-12/h9,13H,4-8H2,1-3H3. The molecule has 5 heteroatoms. The Kier molecular flexibility index (Phi) is 3.79. The number of rotatable bonds is 5. The Balaban J connectivity index is 2.14. The number of nitrogens with one attached hydrogen (secondary N) is 1. The maximum absolute atomic E-state index is 5.59. The predicted molar refractivity (Wildman–Crippen MR) is 63.8 cm³/mol. The zero-order chi connectivity index (χ0) is 12.3. The lowest BCUT2D eigenvalue weighted by atomic mass is 9.90. The fourth-order valence-electron chi connectivity index (χ4n) is 2.19. The fourth-order valence-corrected chi connectivity index (χ4v) is 2.19. The number of hydrogen-bond donors (Lipinski definition) is 1. The number of hydrogen-bond acceptors (Lipinski definition) is 5. The number of ether oxygens (including phenoxy) is 1. The molecule has 17 heavy (non-hydrogen) atoms. The van der Waals surface area contributed by atoms with E-state index in [1.807, 2.05) is 6.92 Å². The topological polar surface area (TPSA) is 60.2 Å². The highest BCUT2D eigenvalue weighted by molar-refractivity contribution is 5.08. The molecule has 1 saturated heterocycles. The Labute approximate surface area is 102 Å². The van der Waals surface area contributed by atoms with Crippen LogP contribution in [0.15, 0.2) is 4.52 Å². The Hall–Kier alpha value is -0.940. The summed E-state index contributed by atoms with van der Waals surface area (Å²) in [5, 5.41) is 7.39. The normalized spacial score (nSPS) is 26.3. The first-order valence-corrected chi connectivity index (χ1v) is 6.36. The molecule has 0 radical (unpaired) electrons. The van der Waals surface area contributed by atoms with Gasteiger partial charge in [0.2, 0.25) is 11.7 Å². The van der Waals surface area contributed by atoms with E-state index in [9.17, 15) is 0 Å². The van der Waals surface area contributed by atoms with Gasteiger partial charge in [0.1, 0.15) is 6.10 Å². The van der Waals surface area contributed by atoms with E-state index in [-0.39, 0.29) is 11.5 Å². The van der Waals surface area contributed by atoms with E-state index < -0.39 is 0 Å². The van der Waals surface area contributed by atoms with Gasteiger partial charge >= 0.3 is 0 Å². The van der Waals surface area contributed by atoms with Crippen molar-refractivity contribution >= 4 is 0 Å². The molecule has 1 N–H and O–H groups in total. The highest BCUT2D eigenvalue weighted by Crippen LogP contribution is 2.30. The molecule has 2 atom stereocenters. The van der Waals surface area contributed by atoms with Crippen LogP contribution in [0.5, 0.6) is 0 Å². The zero-order valence-electron chi connectivity index (χ0n) is 10.8. The van der Waals surface area contributed by atoms with Crippen molar-refractivity contribution in [1.82, 2.24) is 15.5 Å². The van der Waals surface area contributed by atoms with Gasteiger partial charge in [-0.15, -0.1) is 0 Å². The monoisotopic (exact) mass is 239 g/mol. The third-order valence-electron chi connectivity index (χ3n) is 3.35. The Morgan fingerprint density at radius 2 is 2.35 bits per heavy atom. The van der Waals surface area contributed by atoms with Crippen LogP contribution in [-0.2, 0) is 10.2 Å². The molecule has 1 aromatic heterocycles. The fraction of sp³-hybridized carbons (Fsp3) is 0.833. The van der Waals surface area contributed by atoms with Crippen molar-refractivity contribution in [1.29, 1.82) is 0 Å². The second-order valence-corrected chi connectivity index (χ2v) is 4.80. The van der Waals surface area contributed by atoms with Crippen molar-refractivity contribution in [3.63, 3.8) is 0 Å². The summed E-state index contributed by atoms with van der Waals surface area (Å²) in [4.78, 5) is 4.51. The summed E-state index contributed by atoms with van der Waals surface area (Å²) in [6.07, 6.45) is 1.86. The van der Waals surface area contributed by atoms with Crippen LogP contribution < -0.4 is 5.32 Å². The van der Waals surface area contributed by atoms with Crippen molar-refractivity contribution < 1.29 is 9.26 Å². The Morgan fingerprint density at radius 3 is 2.94 bits per heavy atom. The second kappa shape index (κ2) is 5.14. The summed E-state index contributed by atoms with van der Waals surface area (Å²) in [7, 11) is 0. The van der Waals surface area contributed by atoms with Crippen LogP contribution in [0.25, 0.3) is 0 Å². The van der Waals surface area contributed by atoms with Gasteiger partial charge in [0, 0.05) is 13.2 Å². The third kappa shape index (κ3) is 2.50. The molecule has 5 nitrogen and oxygen atoms in total. The summed E-state index contributed by atoms with van der Waals surface area (Å²) >= 11 is 0. The molecule has 2 unspecified atom stereocenters. The molecule has 0 amide bonds. The molecule has 1 fully saturated rings. The van der Waals surface area contributed by atoms with Gasteiger partial charge in [-0.2, -0.15) is 4.98 Å².